The number of rotatable bonds is 4. The molecule has 20 heavy (non-hydrogen) atoms. The van der Waals surface area contributed by atoms with Gasteiger partial charge in [0.25, 0.3) is 0 Å². The van der Waals surface area contributed by atoms with Crippen molar-refractivity contribution in [1.82, 2.24) is 15.5 Å². The summed E-state index contributed by atoms with van der Waals surface area (Å²) in [4.78, 5) is 12.1. The molecule has 1 amide bonds. The zero-order chi connectivity index (χ0) is 13.8. The Bertz CT molecular complexity index is 438. The van der Waals surface area contributed by atoms with Gasteiger partial charge in [-0.05, 0) is 32.2 Å². The summed E-state index contributed by atoms with van der Waals surface area (Å²) in [7, 11) is 0. The maximum atomic E-state index is 12.1. The van der Waals surface area contributed by atoms with Gasteiger partial charge in [0.1, 0.15) is 5.01 Å². The Morgan fingerprint density at radius 3 is 2.90 bits per heavy atom. The summed E-state index contributed by atoms with van der Waals surface area (Å²) in [6.07, 6.45) is 2.70. The predicted octanol–water partition coefficient (Wildman–Crippen LogP) is 2.49. The van der Waals surface area contributed by atoms with Crippen molar-refractivity contribution in [2.24, 2.45) is 11.8 Å². The van der Waals surface area contributed by atoms with E-state index in [1.54, 1.807) is 0 Å². The van der Waals surface area contributed by atoms with Gasteiger partial charge in [-0.1, -0.05) is 25.2 Å². The molecule has 1 aromatic heterocycles. The molecule has 2 N–H and O–H groups in total. The molecule has 0 radical (unpaired) electrons. The van der Waals surface area contributed by atoms with Gasteiger partial charge in [-0.25, -0.2) is 0 Å². The minimum atomic E-state index is 0. The maximum Gasteiger partial charge on any atom is 0.229 e. The van der Waals surface area contributed by atoms with E-state index in [9.17, 15) is 4.79 Å². The number of halogens is 1. The van der Waals surface area contributed by atoms with Crippen LogP contribution in [0.1, 0.15) is 38.6 Å². The van der Waals surface area contributed by atoms with Crippen molar-refractivity contribution in [2.45, 2.75) is 46.1 Å². The summed E-state index contributed by atoms with van der Waals surface area (Å²) in [5.41, 5.74) is 0. The van der Waals surface area contributed by atoms with Gasteiger partial charge in [0.05, 0.1) is 0 Å². The highest BCUT2D eigenvalue weighted by Crippen LogP contribution is 2.22. The average Bonchev–Trinajstić information content (AvgIpc) is 2.75. The zero-order valence-corrected chi connectivity index (χ0v) is 13.8. The number of carbonyl (C=O) groups excluding carboxylic acids is 1. The molecule has 5 nitrogen and oxygen atoms in total. The van der Waals surface area contributed by atoms with Gasteiger partial charge >= 0.3 is 0 Å². The first-order valence-electron chi connectivity index (χ1n) is 6.91. The number of piperidine rings is 1. The van der Waals surface area contributed by atoms with Crippen LogP contribution in [0.3, 0.4) is 0 Å². The van der Waals surface area contributed by atoms with Gasteiger partial charge in [0, 0.05) is 18.4 Å². The van der Waals surface area contributed by atoms with E-state index in [-0.39, 0.29) is 24.2 Å². The minimum absolute atomic E-state index is 0. The van der Waals surface area contributed by atoms with Crippen LogP contribution in [-0.4, -0.2) is 28.7 Å². The fraction of sp³-hybridized carbons (Fsp3) is 0.769. The highest BCUT2D eigenvalue weighted by molar-refractivity contribution is 7.15. The molecule has 0 aromatic carbocycles. The molecule has 0 unspecified atom stereocenters. The SMILES string of the molecule is CC(C)Cc1nnc(NC(=O)[C@H]2CCN[C@@H](C)C2)s1.Cl. The second kappa shape index (κ2) is 7.90. The van der Waals surface area contributed by atoms with Crippen LogP contribution in [-0.2, 0) is 11.2 Å². The summed E-state index contributed by atoms with van der Waals surface area (Å²) in [5.74, 6) is 0.732. The average molecular weight is 319 g/mol. The topological polar surface area (TPSA) is 66.9 Å². The molecule has 1 aromatic rings. The van der Waals surface area contributed by atoms with Crippen molar-refractivity contribution in [2.75, 3.05) is 11.9 Å². The fourth-order valence-electron chi connectivity index (χ4n) is 2.31. The number of amides is 1. The molecule has 0 bridgehead atoms. The van der Waals surface area contributed by atoms with Gasteiger partial charge in [-0.3, -0.25) is 4.79 Å². The largest absolute Gasteiger partial charge is 0.314 e. The zero-order valence-electron chi connectivity index (χ0n) is 12.2. The molecule has 7 heteroatoms. The molecule has 2 atom stereocenters. The lowest BCUT2D eigenvalue weighted by Gasteiger charge is -2.26. The first-order chi connectivity index (χ1) is 9.04. The van der Waals surface area contributed by atoms with Crippen molar-refractivity contribution in [3.63, 3.8) is 0 Å². The van der Waals surface area contributed by atoms with E-state index in [0.717, 1.165) is 30.8 Å². The van der Waals surface area contributed by atoms with Gasteiger partial charge < -0.3 is 10.6 Å². The van der Waals surface area contributed by atoms with E-state index in [0.29, 0.717) is 17.1 Å². The lowest BCUT2D eigenvalue weighted by Crippen LogP contribution is -2.40. The van der Waals surface area contributed by atoms with E-state index >= 15 is 0 Å². The molecule has 1 saturated heterocycles. The number of anilines is 1. The second-order valence-corrected chi connectivity index (χ2v) is 6.73. The van der Waals surface area contributed by atoms with Crippen LogP contribution in [0.4, 0.5) is 5.13 Å². The molecule has 2 heterocycles. The van der Waals surface area contributed by atoms with Crippen LogP contribution in [0.5, 0.6) is 0 Å². The van der Waals surface area contributed by atoms with E-state index in [1.807, 2.05) is 0 Å². The molecule has 1 aliphatic heterocycles. The predicted molar refractivity (Wildman–Crippen MR) is 84.5 cm³/mol. The summed E-state index contributed by atoms with van der Waals surface area (Å²) in [6.45, 7) is 7.32. The second-order valence-electron chi connectivity index (χ2n) is 5.66. The Morgan fingerprint density at radius 1 is 1.50 bits per heavy atom. The monoisotopic (exact) mass is 318 g/mol. The molecule has 114 valence electrons. The number of hydrogen-bond acceptors (Lipinski definition) is 5. The molecular weight excluding hydrogens is 296 g/mol. The van der Waals surface area contributed by atoms with Gasteiger partial charge in [-0.15, -0.1) is 22.6 Å². The van der Waals surface area contributed by atoms with Gasteiger partial charge in [0.15, 0.2) is 0 Å². The Kier molecular flexibility index (Phi) is 6.85. The van der Waals surface area contributed by atoms with Crippen molar-refractivity contribution < 1.29 is 4.79 Å². The highest BCUT2D eigenvalue weighted by Gasteiger charge is 2.25. The molecule has 0 saturated carbocycles. The fourth-order valence-corrected chi connectivity index (χ4v) is 3.27. The van der Waals surface area contributed by atoms with Crippen molar-refractivity contribution >= 4 is 34.8 Å². The Morgan fingerprint density at radius 2 is 2.25 bits per heavy atom. The minimum Gasteiger partial charge on any atom is -0.314 e. The smallest absolute Gasteiger partial charge is 0.229 e. The van der Waals surface area contributed by atoms with Gasteiger partial charge in [0.2, 0.25) is 11.0 Å². The van der Waals surface area contributed by atoms with E-state index < -0.39 is 0 Å². The number of carbonyl (C=O) groups is 1. The first-order valence-corrected chi connectivity index (χ1v) is 7.73. The van der Waals surface area contributed by atoms with E-state index in [2.05, 4.69) is 41.6 Å². The molecule has 2 rings (SSSR count). The number of aromatic nitrogens is 2. The third kappa shape index (κ3) is 5.00. The standard InChI is InChI=1S/C13H22N4OS.ClH/c1-8(2)6-11-16-17-13(19-11)15-12(18)10-4-5-14-9(3)7-10;/h8-10,14H,4-7H2,1-3H3,(H,15,17,18);1H/t9-,10-;/m0./s1. The lowest BCUT2D eigenvalue weighted by molar-refractivity contribution is -0.120. The third-order valence-electron chi connectivity index (χ3n) is 3.27. The normalized spacial score (nSPS) is 22.4. The van der Waals surface area contributed by atoms with Crippen molar-refractivity contribution in [3.05, 3.63) is 5.01 Å². The van der Waals surface area contributed by atoms with Crippen LogP contribution in [0.2, 0.25) is 0 Å². The summed E-state index contributed by atoms with van der Waals surface area (Å²) >= 11 is 1.48. The molecule has 1 aliphatic rings. The van der Waals surface area contributed by atoms with Crippen LogP contribution in [0, 0.1) is 11.8 Å². The Labute approximate surface area is 130 Å². The lowest BCUT2D eigenvalue weighted by atomic mass is 9.93. The number of nitrogens with zero attached hydrogens (tertiary/aromatic N) is 2. The molecule has 1 fully saturated rings. The molecule has 0 aliphatic carbocycles. The summed E-state index contributed by atoms with van der Waals surface area (Å²) in [5, 5.41) is 16.0. The maximum absolute atomic E-state index is 12.1. The Balaban J connectivity index is 0.00000200. The van der Waals surface area contributed by atoms with Crippen LogP contribution < -0.4 is 10.6 Å². The van der Waals surface area contributed by atoms with E-state index in [1.165, 1.54) is 11.3 Å². The van der Waals surface area contributed by atoms with Crippen LogP contribution in [0.25, 0.3) is 0 Å². The third-order valence-corrected chi connectivity index (χ3v) is 4.14. The quantitative estimate of drug-likeness (QED) is 0.895. The Hall–Kier alpha value is -0.720. The first kappa shape index (κ1) is 17.3. The van der Waals surface area contributed by atoms with Crippen LogP contribution >= 0.6 is 23.7 Å². The highest BCUT2D eigenvalue weighted by atomic mass is 35.5. The summed E-state index contributed by atoms with van der Waals surface area (Å²) < 4.78 is 0. The van der Waals surface area contributed by atoms with E-state index in [4.69, 9.17) is 0 Å². The van der Waals surface area contributed by atoms with Crippen LogP contribution in [0.15, 0.2) is 0 Å². The summed E-state index contributed by atoms with van der Waals surface area (Å²) in [6, 6.07) is 0.412. The number of hydrogen-bond donors (Lipinski definition) is 2. The van der Waals surface area contributed by atoms with Crippen molar-refractivity contribution in [3.8, 4) is 0 Å². The molecule has 0 spiro atoms. The van der Waals surface area contributed by atoms with Gasteiger partial charge in [-0.2, -0.15) is 0 Å². The molecular formula is C13H23ClN4OS. The van der Waals surface area contributed by atoms with Crippen molar-refractivity contribution in [1.29, 1.82) is 0 Å². The number of nitrogens with one attached hydrogen (secondary N) is 2.